The molecular formula is C19H25N3O3S. The van der Waals surface area contributed by atoms with Gasteiger partial charge in [0.05, 0.1) is 29.3 Å². The maximum absolute atomic E-state index is 13.0. The van der Waals surface area contributed by atoms with Crippen LogP contribution in [0.15, 0.2) is 34.2 Å². The lowest BCUT2D eigenvalue weighted by Crippen LogP contribution is -2.34. The van der Waals surface area contributed by atoms with Crippen molar-refractivity contribution in [1.82, 2.24) is 14.9 Å². The molecule has 6 nitrogen and oxygen atoms in total. The predicted octanol–water partition coefficient (Wildman–Crippen LogP) is 2.58. The standard InChI is InChI=1S/C19H25N3O3S/c1-3-13(2)20-17(23)12-26-19-21-16-9-5-4-8-15(16)18(24)22(19)11-14-7-6-10-25-14/h4-5,8-9,13-14H,3,6-7,10-12H2,1-2H3,(H,20,23)/t13-,14+/m0/s1. The molecule has 1 aliphatic heterocycles. The van der Waals surface area contributed by atoms with Crippen LogP contribution in [0.3, 0.4) is 0 Å². The summed E-state index contributed by atoms with van der Waals surface area (Å²) in [7, 11) is 0. The highest BCUT2D eigenvalue weighted by Gasteiger charge is 2.20. The Bertz CT molecular complexity index is 830. The van der Waals surface area contributed by atoms with Gasteiger partial charge in [0.25, 0.3) is 5.56 Å². The molecule has 0 saturated carbocycles. The van der Waals surface area contributed by atoms with Gasteiger partial charge < -0.3 is 10.1 Å². The fourth-order valence-corrected chi connectivity index (χ4v) is 3.78. The third-order valence-corrected chi connectivity index (χ3v) is 5.57. The summed E-state index contributed by atoms with van der Waals surface area (Å²) < 4.78 is 7.36. The van der Waals surface area contributed by atoms with Crippen molar-refractivity contribution in [1.29, 1.82) is 0 Å². The quantitative estimate of drug-likeness (QED) is 0.595. The SMILES string of the molecule is CC[C@H](C)NC(=O)CSc1nc2ccccc2c(=O)n1C[C@H]1CCCO1. The van der Waals surface area contributed by atoms with E-state index in [1.54, 1.807) is 10.6 Å². The Morgan fingerprint density at radius 3 is 3.00 bits per heavy atom. The molecule has 0 bridgehead atoms. The zero-order valence-electron chi connectivity index (χ0n) is 15.2. The summed E-state index contributed by atoms with van der Waals surface area (Å²) in [5, 5.41) is 4.11. The number of nitrogens with zero attached hydrogens (tertiary/aromatic N) is 2. The number of carbonyl (C=O) groups excluding carboxylic acids is 1. The monoisotopic (exact) mass is 375 g/mol. The van der Waals surface area contributed by atoms with Gasteiger partial charge in [-0.25, -0.2) is 4.98 Å². The number of thioether (sulfide) groups is 1. The van der Waals surface area contributed by atoms with Gasteiger partial charge in [-0.15, -0.1) is 0 Å². The van der Waals surface area contributed by atoms with Gasteiger partial charge in [0.1, 0.15) is 0 Å². The van der Waals surface area contributed by atoms with Crippen LogP contribution in [0.2, 0.25) is 0 Å². The fraction of sp³-hybridized carbons (Fsp3) is 0.526. The Hall–Kier alpha value is -1.86. The first-order chi connectivity index (χ1) is 12.6. The van der Waals surface area contributed by atoms with Crippen LogP contribution < -0.4 is 10.9 Å². The van der Waals surface area contributed by atoms with Gasteiger partial charge in [0, 0.05) is 12.6 Å². The van der Waals surface area contributed by atoms with E-state index in [1.807, 2.05) is 32.0 Å². The van der Waals surface area contributed by atoms with Gasteiger partial charge in [0.2, 0.25) is 5.91 Å². The molecule has 1 N–H and O–H groups in total. The van der Waals surface area contributed by atoms with Crippen LogP contribution in [-0.2, 0) is 16.1 Å². The third kappa shape index (κ3) is 4.45. The van der Waals surface area contributed by atoms with E-state index in [0.29, 0.717) is 22.6 Å². The van der Waals surface area contributed by atoms with Crippen LogP contribution in [0.1, 0.15) is 33.1 Å². The number of fused-ring (bicyclic) bond motifs is 1. The number of hydrogen-bond acceptors (Lipinski definition) is 5. The lowest BCUT2D eigenvalue weighted by Gasteiger charge is -2.17. The average Bonchev–Trinajstić information content (AvgIpc) is 3.15. The molecule has 26 heavy (non-hydrogen) atoms. The van der Waals surface area contributed by atoms with E-state index in [4.69, 9.17) is 4.74 Å². The van der Waals surface area contributed by atoms with Crippen LogP contribution in [0.25, 0.3) is 10.9 Å². The zero-order valence-corrected chi connectivity index (χ0v) is 16.1. The van der Waals surface area contributed by atoms with Crippen molar-refractivity contribution in [2.75, 3.05) is 12.4 Å². The molecule has 1 fully saturated rings. The fourth-order valence-electron chi connectivity index (χ4n) is 2.96. The second-order valence-electron chi connectivity index (χ2n) is 6.63. The molecule has 140 valence electrons. The van der Waals surface area contributed by atoms with E-state index >= 15 is 0 Å². The molecule has 0 unspecified atom stereocenters. The zero-order chi connectivity index (χ0) is 18.5. The Balaban J connectivity index is 1.86. The average molecular weight is 375 g/mol. The van der Waals surface area contributed by atoms with Crippen LogP contribution in [0.4, 0.5) is 0 Å². The van der Waals surface area contributed by atoms with Crippen molar-refractivity contribution in [3.05, 3.63) is 34.6 Å². The Labute approximate surface area is 157 Å². The Morgan fingerprint density at radius 2 is 2.27 bits per heavy atom. The van der Waals surface area contributed by atoms with Crippen LogP contribution in [-0.4, -0.2) is 40.0 Å². The molecular weight excluding hydrogens is 350 g/mol. The molecule has 0 radical (unpaired) electrons. The smallest absolute Gasteiger partial charge is 0.262 e. The van der Waals surface area contributed by atoms with Crippen molar-refractivity contribution in [2.45, 2.75) is 57.0 Å². The van der Waals surface area contributed by atoms with Crippen molar-refractivity contribution >= 4 is 28.6 Å². The van der Waals surface area contributed by atoms with Gasteiger partial charge in [-0.2, -0.15) is 0 Å². The van der Waals surface area contributed by atoms with E-state index in [0.717, 1.165) is 25.9 Å². The number of ether oxygens (including phenoxy) is 1. The first-order valence-electron chi connectivity index (χ1n) is 9.11. The first kappa shape index (κ1) is 18.9. The number of amides is 1. The van der Waals surface area contributed by atoms with Crippen LogP contribution in [0, 0.1) is 0 Å². The van der Waals surface area contributed by atoms with Crippen LogP contribution >= 0.6 is 11.8 Å². The van der Waals surface area contributed by atoms with Gasteiger partial charge in [-0.1, -0.05) is 30.8 Å². The largest absolute Gasteiger partial charge is 0.376 e. The van der Waals surface area contributed by atoms with Gasteiger partial charge in [-0.05, 0) is 38.3 Å². The summed E-state index contributed by atoms with van der Waals surface area (Å²) in [6.07, 6.45) is 2.87. The van der Waals surface area contributed by atoms with E-state index in [2.05, 4.69) is 10.3 Å². The normalized spacial score (nSPS) is 18.2. The summed E-state index contributed by atoms with van der Waals surface area (Å²) in [4.78, 5) is 29.7. The minimum absolute atomic E-state index is 0.0314. The molecule has 2 aromatic rings. The van der Waals surface area contributed by atoms with E-state index in [9.17, 15) is 9.59 Å². The summed E-state index contributed by atoms with van der Waals surface area (Å²) in [6.45, 7) is 5.22. The van der Waals surface area contributed by atoms with E-state index in [1.165, 1.54) is 11.8 Å². The maximum atomic E-state index is 13.0. The van der Waals surface area contributed by atoms with Crippen LogP contribution in [0.5, 0.6) is 0 Å². The number of benzene rings is 1. The lowest BCUT2D eigenvalue weighted by atomic mass is 10.2. The Morgan fingerprint density at radius 1 is 1.46 bits per heavy atom. The molecule has 1 aromatic carbocycles. The molecule has 1 aliphatic rings. The highest BCUT2D eigenvalue weighted by Crippen LogP contribution is 2.21. The summed E-state index contributed by atoms with van der Waals surface area (Å²) >= 11 is 1.30. The first-order valence-corrected chi connectivity index (χ1v) is 10.1. The molecule has 1 aromatic heterocycles. The van der Waals surface area contributed by atoms with Crippen molar-refractivity contribution in [2.24, 2.45) is 0 Å². The third-order valence-electron chi connectivity index (χ3n) is 4.59. The molecule has 0 aliphatic carbocycles. The second kappa shape index (κ2) is 8.68. The van der Waals surface area contributed by atoms with Gasteiger partial charge >= 0.3 is 0 Å². The van der Waals surface area contributed by atoms with Crippen molar-refractivity contribution in [3.63, 3.8) is 0 Å². The Kier molecular flexibility index (Phi) is 6.32. The van der Waals surface area contributed by atoms with Crippen molar-refractivity contribution in [3.8, 4) is 0 Å². The van der Waals surface area contributed by atoms with E-state index in [-0.39, 0.29) is 29.4 Å². The number of aromatic nitrogens is 2. The minimum Gasteiger partial charge on any atom is -0.376 e. The molecule has 1 amide bonds. The molecule has 1 saturated heterocycles. The number of carbonyl (C=O) groups is 1. The molecule has 3 rings (SSSR count). The molecule has 0 spiro atoms. The highest BCUT2D eigenvalue weighted by atomic mass is 32.2. The molecule has 2 heterocycles. The van der Waals surface area contributed by atoms with Gasteiger partial charge in [0.15, 0.2) is 5.16 Å². The highest BCUT2D eigenvalue weighted by molar-refractivity contribution is 7.99. The maximum Gasteiger partial charge on any atom is 0.262 e. The number of rotatable bonds is 7. The van der Waals surface area contributed by atoms with E-state index < -0.39 is 0 Å². The number of para-hydroxylation sites is 1. The summed E-state index contributed by atoms with van der Waals surface area (Å²) in [5.74, 6) is 0.191. The number of hydrogen-bond donors (Lipinski definition) is 1. The topological polar surface area (TPSA) is 73.2 Å². The molecule has 2 atom stereocenters. The minimum atomic E-state index is -0.0732. The lowest BCUT2D eigenvalue weighted by molar-refractivity contribution is -0.119. The molecule has 7 heteroatoms. The predicted molar refractivity (Wildman–Crippen MR) is 104 cm³/mol. The van der Waals surface area contributed by atoms with Crippen molar-refractivity contribution < 1.29 is 9.53 Å². The number of nitrogens with one attached hydrogen (secondary N) is 1. The van der Waals surface area contributed by atoms with Gasteiger partial charge in [-0.3, -0.25) is 14.2 Å². The second-order valence-corrected chi connectivity index (χ2v) is 7.57. The summed E-state index contributed by atoms with van der Waals surface area (Å²) in [6, 6.07) is 7.47. The summed E-state index contributed by atoms with van der Waals surface area (Å²) in [5.41, 5.74) is 0.585.